The van der Waals surface area contributed by atoms with Crippen molar-refractivity contribution in [1.82, 2.24) is 30.6 Å². The molecule has 0 saturated carbocycles. The summed E-state index contributed by atoms with van der Waals surface area (Å²) in [6, 6.07) is 13.2. The highest BCUT2D eigenvalue weighted by Crippen LogP contribution is 2.31. The molecule has 0 atom stereocenters. The molecule has 12 heteroatoms. The van der Waals surface area contributed by atoms with E-state index in [1.165, 1.54) is 11.3 Å². The maximum Gasteiger partial charge on any atom is 0.320 e. The third-order valence-electron chi connectivity index (χ3n) is 7.21. The molecule has 2 fully saturated rings. The number of ether oxygens (including phenoxy) is 1. The molecule has 2 aromatic heterocycles. The molecule has 0 spiro atoms. The number of methoxy groups -OCH3 is 1. The first kappa shape index (κ1) is 27.4. The Labute approximate surface area is 237 Å². The molecule has 1 aromatic carbocycles. The number of piperidine rings is 1. The summed E-state index contributed by atoms with van der Waals surface area (Å²) in [5.41, 5.74) is 5.94. The van der Waals surface area contributed by atoms with Crippen LogP contribution in [0, 0.1) is 0 Å². The molecule has 5 rings (SSSR count). The van der Waals surface area contributed by atoms with Gasteiger partial charge >= 0.3 is 6.03 Å². The van der Waals surface area contributed by atoms with Gasteiger partial charge in [-0.05, 0) is 42.7 Å². The Morgan fingerprint density at radius 1 is 0.975 bits per heavy atom. The molecular weight excluding hydrogens is 530 g/mol. The lowest BCUT2D eigenvalue weighted by Gasteiger charge is -2.39. The number of amides is 4. The lowest BCUT2D eigenvalue weighted by molar-refractivity contribution is -0.121. The fourth-order valence-corrected chi connectivity index (χ4v) is 5.94. The predicted molar refractivity (Wildman–Crippen MR) is 151 cm³/mol. The number of benzene rings is 1. The Bertz CT molecular complexity index is 1320. The number of rotatable bonds is 6. The minimum absolute atomic E-state index is 0.0861. The molecule has 11 nitrogen and oxygen atoms in total. The first-order valence-electron chi connectivity index (χ1n) is 13.4. The Morgan fingerprint density at radius 2 is 1.75 bits per heavy atom. The van der Waals surface area contributed by atoms with Crippen LogP contribution in [0.3, 0.4) is 0 Å². The summed E-state index contributed by atoms with van der Waals surface area (Å²) in [5.74, 6) is 1.01. The standard InChI is InChI=1S/C28H33N7O4S/c1-39-22-6-4-5-20(17-22)18-25(36)31-32-26(37)23-19-40-27(30-23)21-8-11-34(12-9-21)28(38)35-15-13-33(14-16-35)24-7-2-3-10-29-24/h2-7,10,17,19,21H,8-9,11-16,18H2,1H3,(H,31,36)(H,32,37). The second-order valence-electron chi connectivity index (χ2n) is 9.81. The van der Waals surface area contributed by atoms with Gasteiger partial charge in [-0.3, -0.25) is 20.4 Å². The molecule has 2 saturated heterocycles. The van der Waals surface area contributed by atoms with Crippen LogP contribution in [0.5, 0.6) is 5.75 Å². The van der Waals surface area contributed by atoms with Crippen LogP contribution in [0.15, 0.2) is 54.0 Å². The van der Waals surface area contributed by atoms with Crippen LogP contribution in [0.4, 0.5) is 10.6 Å². The van der Waals surface area contributed by atoms with Gasteiger partial charge in [-0.2, -0.15) is 0 Å². The van der Waals surface area contributed by atoms with Gasteiger partial charge in [0, 0.05) is 56.8 Å². The number of pyridine rings is 1. The summed E-state index contributed by atoms with van der Waals surface area (Å²) in [6.45, 7) is 4.21. The first-order valence-corrected chi connectivity index (χ1v) is 14.3. The number of thiazole rings is 1. The Kier molecular flexibility index (Phi) is 8.74. The van der Waals surface area contributed by atoms with Gasteiger partial charge < -0.3 is 19.4 Å². The van der Waals surface area contributed by atoms with Crippen LogP contribution in [-0.2, 0) is 11.2 Å². The normalized spacial score (nSPS) is 16.0. The summed E-state index contributed by atoms with van der Waals surface area (Å²) in [5, 5.41) is 2.58. The number of hydrogen-bond donors (Lipinski definition) is 2. The van der Waals surface area contributed by atoms with Gasteiger partial charge in [0.2, 0.25) is 5.91 Å². The van der Waals surface area contributed by atoms with Gasteiger partial charge in [-0.1, -0.05) is 18.2 Å². The predicted octanol–water partition coefficient (Wildman–Crippen LogP) is 2.67. The molecule has 4 heterocycles. The maximum absolute atomic E-state index is 13.1. The maximum atomic E-state index is 13.1. The number of carbonyl (C=O) groups is 3. The van der Waals surface area contributed by atoms with Gasteiger partial charge in [0.1, 0.15) is 17.3 Å². The fraction of sp³-hybridized carbons (Fsp3) is 0.393. The molecule has 40 heavy (non-hydrogen) atoms. The topological polar surface area (TPSA) is 120 Å². The van der Waals surface area contributed by atoms with Crippen molar-refractivity contribution in [3.8, 4) is 5.75 Å². The van der Waals surface area contributed by atoms with E-state index < -0.39 is 5.91 Å². The minimum Gasteiger partial charge on any atom is -0.497 e. The average molecular weight is 564 g/mol. The number of urea groups is 1. The van der Waals surface area contributed by atoms with Crippen molar-refractivity contribution in [1.29, 1.82) is 0 Å². The monoisotopic (exact) mass is 563 g/mol. The van der Waals surface area contributed by atoms with E-state index in [-0.39, 0.29) is 30.0 Å². The second kappa shape index (κ2) is 12.8. The van der Waals surface area contributed by atoms with Crippen molar-refractivity contribution in [3.63, 3.8) is 0 Å². The third kappa shape index (κ3) is 6.68. The second-order valence-corrected chi connectivity index (χ2v) is 10.7. The van der Waals surface area contributed by atoms with E-state index >= 15 is 0 Å². The highest BCUT2D eigenvalue weighted by molar-refractivity contribution is 7.09. The van der Waals surface area contributed by atoms with E-state index in [1.807, 2.05) is 40.1 Å². The van der Waals surface area contributed by atoms with Crippen molar-refractivity contribution >= 4 is 35.0 Å². The van der Waals surface area contributed by atoms with Crippen molar-refractivity contribution in [3.05, 3.63) is 70.3 Å². The van der Waals surface area contributed by atoms with Crippen molar-refractivity contribution < 1.29 is 19.1 Å². The zero-order chi connectivity index (χ0) is 27.9. The van der Waals surface area contributed by atoms with Crippen molar-refractivity contribution in [2.24, 2.45) is 0 Å². The Morgan fingerprint density at radius 3 is 2.48 bits per heavy atom. The molecular formula is C28H33N7O4S. The van der Waals surface area contributed by atoms with Crippen LogP contribution in [0.2, 0.25) is 0 Å². The smallest absolute Gasteiger partial charge is 0.320 e. The van der Waals surface area contributed by atoms with Crippen LogP contribution in [0.25, 0.3) is 0 Å². The minimum atomic E-state index is -0.459. The van der Waals surface area contributed by atoms with E-state index in [0.717, 1.165) is 42.3 Å². The Hall–Kier alpha value is -4.19. The zero-order valence-corrected chi connectivity index (χ0v) is 23.2. The van der Waals surface area contributed by atoms with E-state index in [2.05, 4.69) is 25.7 Å². The molecule has 0 aliphatic carbocycles. The van der Waals surface area contributed by atoms with E-state index in [0.29, 0.717) is 31.9 Å². The van der Waals surface area contributed by atoms with Gasteiger partial charge in [-0.25, -0.2) is 14.8 Å². The molecule has 0 radical (unpaired) electrons. The average Bonchev–Trinajstić information content (AvgIpc) is 3.51. The quantitative estimate of drug-likeness (QED) is 0.443. The van der Waals surface area contributed by atoms with Crippen LogP contribution >= 0.6 is 11.3 Å². The number of likely N-dealkylation sites (tertiary alicyclic amines) is 1. The summed E-state index contributed by atoms with van der Waals surface area (Å²) >= 11 is 1.44. The fourth-order valence-electron chi connectivity index (χ4n) is 4.97. The summed E-state index contributed by atoms with van der Waals surface area (Å²) in [7, 11) is 1.57. The van der Waals surface area contributed by atoms with Crippen LogP contribution in [0.1, 0.15) is 39.8 Å². The van der Waals surface area contributed by atoms with Crippen molar-refractivity contribution in [2.75, 3.05) is 51.3 Å². The third-order valence-corrected chi connectivity index (χ3v) is 8.21. The van der Waals surface area contributed by atoms with Gasteiger partial charge in [0.25, 0.3) is 5.91 Å². The Balaban J connectivity index is 1.05. The number of hydrazine groups is 1. The van der Waals surface area contributed by atoms with E-state index in [4.69, 9.17) is 4.74 Å². The summed E-state index contributed by atoms with van der Waals surface area (Å²) < 4.78 is 5.17. The zero-order valence-electron chi connectivity index (χ0n) is 22.4. The number of nitrogens with zero attached hydrogens (tertiary/aromatic N) is 5. The summed E-state index contributed by atoms with van der Waals surface area (Å²) in [4.78, 5) is 52.9. The van der Waals surface area contributed by atoms with E-state index in [1.54, 1.807) is 30.8 Å². The highest BCUT2D eigenvalue weighted by atomic mass is 32.1. The number of anilines is 1. The molecule has 0 unspecified atom stereocenters. The first-order chi connectivity index (χ1) is 19.5. The molecule has 210 valence electrons. The number of nitrogens with one attached hydrogen (secondary N) is 2. The molecule has 2 aliphatic rings. The van der Waals surface area contributed by atoms with Crippen LogP contribution in [-0.4, -0.2) is 84.0 Å². The molecule has 4 amide bonds. The van der Waals surface area contributed by atoms with Gasteiger partial charge in [0.05, 0.1) is 18.5 Å². The molecule has 2 aliphatic heterocycles. The molecule has 3 aromatic rings. The van der Waals surface area contributed by atoms with Gasteiger partial charge in [-0.15, -0.1) is 11.3 Å². The molecule has 0 bridgehead atoms. The van der Waals surface area contributed by atoms with Crippen molar-refractivity contribution in [2.45, 2.75) is 25.2 Å². The number of piperazine rings is 1. The van der Waals surface area contributed by atoms with Crippen LogP contribution < -0.4 is 20.5 Å². The number of aromatic nitrogens is 2. The highest BCUT2D eigenvalue weighted by Gasteiger charge is 2.30. The van der Waals surface area contributed by atoms with Gasteiger partial charge in [0.15, 0.2) is 0 Å². The van der Waals surface area contributed by atoms with E-state index in [9.17, 15) is 14.4 Å². The lowest BCUT2D eigenvalue weighted by Crippen LogP contribution is -2.54. The number of hydrogen-bond acceptors (Lipinski definition) is 8. The lowest BCUT2D eigenvalue weighted by atomic mass is 9.98. The SMILES string of the molecule is COc1cccc(CC(=O)NNC(=O)c2csc(C3CCN(C(=O)N4CCN(c5ccccn5)CC4)CC3)n2)c1. The molecule has 2 N–H and O–H groups in total. The summed E-state index contributed by atoms with van der Waals surface area (Å²) in [6.07, 6.45) is 3.49. The largest absolute Gasteiger partial charge is 0.497 e. The number of carbonyl (C=O) groups excluding carboxylic acids is 3.